The number of aromatic nitrogens is 1. The average Bonchev–Trinajstić information content (AvgIpc) is 3.19. The second-order valence-corrected chi connectivity index (χ2v) is 12.1. The Kier molecular flexibility index (Phi) is 9.09. The first-order chi connectivity index (χ1) is 20.6. The number of pyridine rings is 1. The van der Waals surface area contributed by atoms with Crippen molar-refractivity contribution in [2.24, 2.45) is 0 Å². The molecule has 0 aliphatic carbocycles. The van der Waals surface area contributed by atoms with E-state index in [2.05, 4.69) is 45.3 Å². The molecule has 4 aliphatic heterocycles. The van der Waals surface area contributed by atoms with Crippen LogP contribution >= 0.6 is 0 Å². The highest BCUT2D eigenvalue weighted by atomic mass is 16.5. The van der Waals surface area contributed by atoms with Crippen LogP contribution in [0.3, 0.4) is 0 Å². The highest BCUT2D eigenvalue weighted by molar-refractivity contribution is 5.88. The lowest BCUT2D eigenvalue weighted by atomic mass is 9.88. The van der Waals surface area contributed by atoms with Gasteiger partial charge in [-0.15, -0.1) is 12.3 Å². The molecule has 4 aliphatic rings. The summed E-state index contributed by atoms with van der Waals surface area (Å²) in [4.78, 5) is 23.9. The summed E-state index contributed by atoms with van der Waals surface area (Å²) < 4.78 is 11.9. The van der Waals surface area contributed by atoms with Gasteiger partial charge in [-0.3, -0.25) is 9.69 Å². The van der Waals surface area contributed by atoms with Gasteiger partial charge in [-0.25, -0.2) is 4.98 Å². The highest BCUT2D eigenvalue weighted by Crippen LogP contribution is 2.40. The molecule has 42 heavy (non-hydrogen) atoms. The molecule has 0 saturated carbocycles. The molecule has 0 radical (unpaired) electrons. The Morgan fingerprint density at radius 3 is 2.76 bits per heavy atom. The molecular weight excluding hydrogens is 526 g/mol. The second-order valence-electron chi connectivity index (χ2n) is 12.1. The molecule has 3 fully saturated rings. The number of benzene rings is 1. The number of likely N-dealkylation sites (N-methyl/N-ethyl adjacent to an activating group) is 1. The zero-order valence-corrected chi connectivity index (χ0v) is 24.8. The lowest BCUT2D eigenvalue weighted by Crippen LogP contribution is -2.61. The van der Waals surface area contributed by atoms with E-state index in [1.165, 1.54) is 16.7 Å². The van der Waals surface area contributed by atoms with Crippen LogP contribution in [0, 0.1) is 12.3 Å². The van der Waals surface area contributed by atoms with Crippen LogP contribution < -0.4 is 10.1 Å². The molecule has 222 valence electrons. The minimum atomic E-state index is 0.113. The van der Waals surface area contributed by atoms with Crippen molar-refractivity contribution in [2.45, 2.75) is 56.6 Å². The third-order valence-electron chi connectivity index (χ3n) is 9.39. The third-order valence-corrected chi connectivity index (χ3v) is 9.39. The van der Waals surface area contributed by atoms with E-state index in [1.807, 2.05) is 24.2 Å². The number of carbonyl (C=O) groups excluding carboxylic acids is 1. The Bertz CT molecular complexity index is 1320. The van der Waals surface area contributed by atoms with Crippen molar-refractivity contribution >= 4 is 17.4 Å². The van der Waals surface area contributed by atoms with Crippen molar-refractivity contribution in [3.05, 3.63) is 59.3 Å². The Morgan fingerprint density at radius 1 is 1.17 bits per heavy atom. The summed E-state index contributed by atoms with van der Waals surface area (Å²) in [5.74, 6) is 5.59. The van der Waals surface area contributed by atoms with Gasteiger partial charge in [0.1, 0.15) is 18.2 Å². The minimum absolute atomic E-state index is 0.113. The molecular formula is C34H43N5O3. The predicted octanol–water partition coefficient (Wildman–Crippen LogP) is 4.51. The van der Waals surface area contributed by atoms with Gasteiger partial charge in [-0.2, -0.15) is 0 Å². The molecule has 6 rings (SSSR count). The molecule has 8 heteroatoms. The first-order valence-electron chi connectivity index (χ1n) is 15.5. The third kappa shape index (κ3) is 6.49. The van der Waals surface area contributed by atoms with Gasteiger partial charge in [0, 0.05) is 69.7 Å². The van der Waals surface area contributed by atoms with E-state index in [0.717, 1.165) is 102 Å². The molecule has 1 aromatic heterocycles. The summed E-state index contributed by atoms with van der Waals surface area (Å²) >= 11 is 0. The number of terminal acetylenes is 1. The fourth-order valence-electron chi connectivity index (χ4n) is 6.71. The number of nitrogens with zero attached hydrogens (tertiary/aromatic N) is 4. The number of fused-ring (bicyclic) bond motifs is 2. The summed E-state index contributed by atoms with van der Waals surface area (Å²) in [6.07, 6.45) is 16.0. The Hall–Kier alpha value is -3.38. The van der Waals surface area contributed by atoms with Gasteiger partial charge >= 0.3 is 0 Å². The van der Waals surface area contributed by atoms with E-state index < -0.39 is 0 Å². The minimum Gasteiger partial charge on any atom is -0.487 e. The van der Waals surface area contributed by atoms with Crippen LogP contribution in [0.15, 0.2) is 42.6 Å². The molecule has 2 aromatic rings. The molecule has 8 nitrogen and oxygen atoms in total. The average molecular weight is 570 g/mol. The predicted molar refractivity (Wildman–Crippen MR) is 165 cm³/mol. The van der Waals surface area contributed by atoms with Crippen LogP contribution in [0.4, 0.5) is 11.5 Å². The molecule has 0 spiro atoms. The number of hydrogen-bond acceptors (Lipinski definition) is 7. The highest BCUT2D eigenvalue weighted by Gasteiger charge is 2.36. The zero-order chi connectivity index (χ0) is 28.9. The number of carbonyl (C=O) groups is 1. The molecule has 1 N–H and O–H groups in total. The standard InChI is InChI=1S/C34H43N5O3/c1-3-4-15-37(2)16-5-6-33(40)39-22-28(23-39)38-17-10-25(11-18-38)27-7-8-32-31(21-27)36-34-30(24-42-32)29(9-14-35-34)26-12-19-41-20-13-26/h1,5-9,14,21,25-26,28H,4,10-13,15-20,22-24H2,2H3,(H,35,36)/b6-5+. The topological polar surface area (TPSA) is 70.2 Å². The van der Waals surface area contributed by atoms with Crippen molar-refractivity contribution in [1.29, 1.82) is 0 Å². The molecule has 1 amide bonds. The van der Waals surface area contributed by atoms with E-state index >= 15 is 0 Å². The van der Waals surface area contributed by atoms with Gasteiger partial charge in [0.2, 0.25) is 5.91 Å². The largest absolute Gasteiger partial charge is 0.487 e. The van der Waals surface area contributed by atoms with Crippen LogP contribution in [0.25, 0.3) is 0 Å². The summed E-state index contributed by atoms with van der Waals surface area (Å²) in [6.45, 7) is 7.53. The van der Waals surface area contributed by atoms with Gasteiger partial charge in [-0.1, -0.05) is 12.1 Å². The first kappa shape index (κ1) is 28.7. The number of nitrogens with one attached hydrogen (secondary N) is 1. The number of likely N-dealkylation sites (tertiary alicyclic amines) is 2. The van der Waals surface area contributed by atoms with Crippen LogP contribution in [-0.4, -0.2) is 91.2 Å². The van der Waals surface area contributed by atoms with Gasteiger partial charge in [0.05, 0.1) is 5.69 Å². The maximum absolute atomic E-state index is 12.5. The summed E-state index contributed by atoms with van der Waals surface area (Å²) in [5.41, 5.74) is 4.88. The zero-order valence-electron chi connectivity index (χ0n) is 24.8. The summed E-state index contributed by atoms with van der Waals surface area (Å²) in [7, 11) is 2.02. The maximum atomic E-state index is 12.5. The van der Waals surface area contributed by atoms with Crippen molar-refractivity contribution < 1.29 is 14.3 Å². The van der Waals surface area contributed by atoms with Crippen LogP contribution in [0.2, 0.25) is 0 Å². The fraction of sp³-hybridized carbons (Fsp3) is 0.529. The van der Waals surface area contributed by atoms with Crippen molar-refractivity contribution in [3.63, 3.8) is 0 Å². The van der Waals surface area contributed by atoms with E-state index in [9.17, 15) is 4.79 Å². The molecule has 0 atom stereocenters. The fourth-order valence-corrected chi connectivity index (χ4v) is 6.71. The molecule has 3 saturated heterocycles. The Balaban J connectivity index is 1.01. The van der Waals surface area contributed by atoms with E-state index in [-0.39, 0.29) is 5.91 Å². The number of amides is 1. The lowest BCUT2D eigenvalue weighted by Gasteiger charge is -2.47. The number of rotatable bonds is 8. The lowest BCUT2D eigenvalue weighted by molar-refractivity contribution is -0.133. The van der Waals surface area contributed by atoms with Crippen molar-refractivity contribution in [3.8, 4) is 18.1 Å². The van der Waals surface area contributed by atoms with Gasteiger partial charge in [0.15, 0.2) is 0 Å². The molecule has 0 bridgehead atoms. The van der Waals surface area contributed by atoms with Crippen LogP contribution in [-0.2, 0) is 16.1 Å². The number of anilines is 2. The summed E-state index contributed by atoms with van der Waals surface area (Å²) in [6, 6.07) is 9.26. The van der Waals surface area contributed by atoms with Gasteiger partial charge in [-0.05, 0) is 87.0 Å². The molecule has 0 unspecified atom stereocenters. The Labute approximate surface area is 250 Å². The SMILES string of the molecule is C#CCCN(C)C/C=C/C(=O)N1CC(N2CCC(c3ccc4c(c3)Nc3nccc(C5CCOCC5)c3CO4)CC2)C1. The van der Waals surface area contributed by atoms with E-state index in [0.29, 0.717) is 24.5 Å². The smallest absolute Gasteiger partial charge is 0.246 e. The maximum Gasteiger partial charge on any atom is 0.246 e. The number of ether oxygens (including phenoxy) is 2. The first-order valence-corrected chi connectivity index (χ1v) is 15.5. The number of piperidine rings is 1. The normalized spacial score (nSPS) is 20.3. The van der Waals surface area contributed by atoms with Crippen molar-refractivity contribution in [1.82, 2.24) is 19.7 Å². The van der Waals surface area contributed by atoms with Gasteiger partial charge in [0.25, 0.3) is 0 Å². The van der Waals surface area contributed by atoms with Crippen molar-refractivity contribution in [2.75, 3.05) is 64.8 Å². The van der Waals surface area contributed by atoms with Crippen LogP contribution in [0.1, 0.15) is 60.6 Å². The van der Waals surface area contributed by atoms with Gasteiger partial charge < -0.3 is 24.6 Å². The summed E-state index contributed by atoms with van der Waals surface area (Å²) in [5, 5.41) is 3.62. The monoisotopic (exact) mass is 569 g/mol. The van der Waals surface area contributed by atoms with E-state index in [4.69, 9.17) is 20.9 Å². The number of hydrogen-bond donors (Lipinski definition) is 1. The molecule has 1 aromatic carbocycles. The van der Waals surface area contributed by atoms with Crippen LogP contribution in [0.5, 0.6) is 5.75 Å². The Morgan fingerprint density at radius 2 is 1.98 bits per heavy atom. The molecule has 5 heterocycles. The quantitative estimate of drug-likeness (QED) is 0.371. The van der Waals surface area contributed by atoms with E-state index in [1.54, 1.807) is 6.08 Å². The second kappa shape index (κ2) is 13.3.